The fraction of sp³-hybridized carbons (Fsp3) is 0.320. The molecule has 6 rings (SSSR count). The van der Waals surface area contributed by atoms with Crippen LogP contribution in [0.3, 0.4) is 0 Å². The first-order chi connectivity index (χ1) is 24.4. The topological polar surface area (TPSA) is 6.48 Å². The molecular formula is C50H58N2. The van der Waals surface area contributed by atoms with E-state index in [4.69, 9.17) is 0 Å². The minimum Gasteiger partial charge on any atom is -0.334 e. The van der Waals surface area contributed by atoms with Gasteiger partial charge in [-0.25, -0.2) is 0 Å². The Hall–Kier alpha value is -4.82. The Morgan fingerprint density at radius 2 is 0.904 bits per heavy atom. The zero-order valence-corrected chi connectivity index (χ0v) is 33.6. The second kappa shape index (κ2) is 14.0. The Morgan fingerprint density at radius 3 is 1.35 bits per heavy atom. The van der Waals surface area contributed by atoms with E-state index >= 15 is 0 Å². The fourth-order valence-corrected chi connectivity index (χ4v) is 7.45. The van der Waals surface area contributed by atoms with Crippen LogP contribution in [0, 0.1) is 26.2 Å². The van der Waals surface area contributed by atoms with Crippen molar-refractivity contribution in [3.63, 3.8) is 0 Å². The maximum absolute atomic E-state index is 2.53. The standard InChI is InChI=1S/C50H58N2/c1-34-13-21-40(22-14-34)51(41-25-17-38(18-26-41)48(5,6)7)44-29-30-45(36(3)31-44)46-33-50(11,12)47(32-37(46)4)52(42-23-15-35(2)16-24-42)43-27-19-39(20-28-43)49(8,9)10/h13-33,47H,1-12H3. The van der Waals surface area contributed by atoms with Gasteiger partial charge in [0.05, 0.1) is 6.04 Å². The van der Waals surface area contributed by atoms with Gasteiger partial charge in [0.25, 0.3) is 0 Å². The van der Waals surface area contributed by atoms with Gasteiger partial charge >= 0.3 is 0 Å². The van der Waals surface area contributed by atoms with Gasteiger partial charge in [0.1, 0.15) is 0 Å². The van der Waals surface area contributed by atoms with Crippen molar-refractivity contribution in [2.24, 2.45) is 5.41 Å². The van der Waals surface area contributed by atoms with Gasteiger partial charge in [-0.05, 0) is 133 Å². The molecule has 0 fully saturated rings. The Kier molecular flexibility index (Phi) is 9.92. The molecule has 5 aromatic carbocycles. The van der Waals surface area contributed by atoms with Gasteiger partial charge < -0.3 is 9.80 Å². The van der Waals surface area contributed by atoms with E-state index in [1.54, 1.807) is 0 Å². The molecule has 0 spiro atoms. The summed E-state index contributed by atoms with van der Waals surface area (Å²) in [4.78, 5) is 4.91. The lowest BCUT2D eigenvalue weighted by Crippen LogP contribution is -2.42. The molecule has 1 aliphatic rings. The second-order valence-electron chi connectivity index (χ2n) is 17.6. The first-order valence-electron chi connectivity index (χ1n) is 18.9. The normalized spacial score (nSPS) is 15.9. The molecule has 2 heteroatoms. The van der Waals surface area contributed by atoms with Crippen molar-refractivity contribution in [1.82, 2.24) is 0 Å². The highest BCUT2D eigenvalue weighted by atomic mass is 15.2. The zero-order valence-electron chi connectivity index (χ0n) is 33.6. The summed E-state index contributed by atoms with van der Waals surface area (Å²) in [5.41, 5.74) is 16.3. The summed E-state index contributed by atoms with van der Waals surface area (Å²) in [6.45, 7) is 27.3. The summed E-state index contributed by atoms with van der Waals surface area (Å²) in [6, 6.07) is 43.2. The smallest absolute Gasteiger partial charge is 0.0613 e. The van der Waals surface area contributed by atoms with Crippen molar-refractivity contribution in [2.75, 3.05) is 9.80 Å². The molecule has 0 N–H and O–H groups in total. The minimum atomic E-state index is -0.156. The molecule has 0 bridgehead atoms. The van der Waals surface area contributed by atoms with Gasteiger partial charge in [-0.3, -0.25) is 0 Å². The van der Waals surface area contributed by atoms with E-state index in [2.05, 4.69) is 220 Å². The lowest BCUT2D eigenvalue weighted by molar-refractivity contribution is 0.415. The van der Waals surface area contributed by atoms with E-state index in [-0.39, 0.29) is 22.3 Å². The molecule has 0 saturated heterocycles. The van der Waals surface area contributed by atoms with Gasteiger partial charge in [0.2, 0.25) is 0 Å². The zero-order chi connectivity index (χ0) is 37.6. The fourth-order valence-electron chi connectivity index (χ4n) is 7.45. The molecule has 0 saturated carbocycles. The van der Waals surface area contributed by atoms with E-state index in [0.29, 0.717) is 0 Å². The van der Waals surface area contributed by atoms with Crippen molar-refractivity contribution in [3.8, 4) is 0 Å². The van der Waals surface area contributed by atoms with Gasteiger partial charge in [-0.2, -0.15) is 0 Å². The number of benzene rings is 5. The maximum Gasteiger partial charge on any atom is 0.0613 e. The summed E-state index contributed by atoms with van der Waals surface area (Å²) < 4.78 is 0. The summed E-state index contributed by atoms with van der Waals surface area (Å²) in [5, 5.41) is 0. The highest BCUT2D eigenvalue weighted by Gasteiger charge is 2.36. The third-order valence-electron chi connectivity index (χ3n) is 10.8. The lowest BCUT2D eigenvalue weighted by atomic mass is 9.73. The van der Waals surface area contributed by atoms with Crippen LogP contribution in [0.5, 0.6) is 0 Å². The molecule has 1 aliphatic carbocycles. The largest absolute Gasteiger partial charge is 0.334 e. The molecule has 0 aromatic heterocycles. The third-order valence-corrected chi connectivity index (χ3v) is 10.8. The molecule has 0 amide bonds. The number of allylic oxidation sites excluding steroid dienone is 2. The average Bonchev–Trinajstić information content (AvgIpc) is 3.08. The summed E-state index contributed by atoms with van der Waals surface area (Å²) in [6.07, 6.45) is 5.01. The predicted octanol–water partition coefficient (Wildman–Crippen LogP) is 14.3. The number of rotatable bonds is 7. The lowest BCUT2D eigenvalue weighted by Gasteiger charge is -2.44. The molecule has 0 aliphatic heterocycles. The Labute approximate surface area is 314 Å². The molecule has 2 nitrogen and oxygen atoms in total. The van der Waals surface area contributed by atoms with Crippen LogP contribution in [-0.4, -0.2) is 6.04 Å². The van der Waals surface area contributed by atoms with E-state index in [1.807, 2.05) is 0 Å². The molecule has 0 radical (unpaired) electrons. The van der Waals surface area contributed by atoms with Crippen molar-refractivity contribution in [3.05, 3.63) is 166 Å². The quantitative estimate of drug-likeness (QED) is 0.168. The van der Waals surface area contributed by atoms with Crippen LogP contribution in [0.2, 0.25) is 0 Å². The van der Waals surface area contributed by atoms with E-state index < -0.39 is 0 Å². The van der Waals surface area contributed by atoms with Crippen LogP contribution in [-0.2, 0) is 10.8 Å². The van der Waals surface area contributed by atoms with E-state index in [0.717, 1.165) is 17.1 Å². The van der Waals surface area contributed by atoms with Crippen molar-refractivity contribution in [2.45, 2.75) is 100.0 Å². The highest BCUT2D eigenvalue weighted by Crippen LogP contribution is 2.46. The van der Waals surface area contributed by atoms with Crippen LogP contribution in [0.4, 0.5) is 28.4 Å². The van der Waals surface area contributed by atoms with Crippen molar-refractivity contribution in [1.29, 1.82) is 0 Å². The Bertz CT molecular complexity index is 2080. The summed E-state index contributed by atoms with van der Waals surface area (Å²) >= 11 is 0. The van der Waals surface area contributed by atoms with Gasteiger partial charge in [-0.1, -0.05) is 133 Å². The van der Waals surface area contributed by atoms with Crippen molar-refractivity contribution < 1.29 is 0 Å². The Morgan fingerprint density at radius 1 is 0.500 bits per heavy atom. The molecule has 1 atom stereocenters. The molecular weight excluding hydrogens is 629 g/mol. The van der Waals surface area contributed by atoms with Crippen LogP contribution >= 0.6 is 0 Å². The van der Waals surface area contributed by atoms with Crippen molar-refractivity contribution >= 4 is 34.0 Å². The molecule has 0 heterocycles. The van der Waals surface area contributed by atoms with E-state index in [9.17, 15) is 0 Å². The van der Waals surface area contributed by atoms with Gasteiger partial charge in [-0.15, -0.1) is 0 Å². The molecule has 52 heavy (non-hydrogen) atoms. The molecule has 5 aromatic rings. The average molecular weight is 687 g/mol. The number of hydrogen-bond donors (Lipinski definition) is 0. The third kappa shape index (κ3) is 7.68. The minimum absolute atomic E-state index is 0.103. The number of nitrogens with zero attached hydrogens (tertiary/aromatic N) is 2. The number of hydrogen-bond acceptors (Lipinski definition) is 2. The van der Waals surface area contributed by atoms with Crippen LogP contribution < -0.4 is 9.80 Å². The first kappa shape index (κ1) is 37.0. The summed E-state index contributed by atoms with van der Waals surface area (Å²) in [5.74, 6) is 0. The molecule has 1 unspecified atom stereocenters. The molecule has 268 valence electrons. The highest BCUT2D eigenvalue weighted by molar-refractivity contribution is 5.85. The van der Waals surface area contributed by atoms with Gasteiger partial charge in [0, 0.05) is 33.9 Å². The SMILES string of the molecule is CC1=CC(N(c2ccc(C)cc2)c2ccc(C(C)(C)C)cc2)C(C)(C)C=C1c1ccc(N(c2ccc(C)cc2)c2ccc(C(C)(C)C)cc2)cc1C. The van der Waals surface area contributed by atoms with E-state index in [1.165, 1.54) is 55.9 Å². The van der Waals surface area contributed by atoms with Gasteiger partial charge in [0.15, 0.2) is 0 Å². The second-order valence-corrected chi connectivity index (χ2v) is 17.6. The first-order valence-corrected chi connectivity index (χ1v) is 18.9. The summed E-state index contributed by atoms with van der Waals surface area (Å²) in [7, 11) is 0. The van der Waals surface area contributed by atoms with Crippen LogP contribution in [0.1, 0.15) is 95.7 Å². The maximum atomic E-state index is 2.53. The Balaban J connectivity index is 1.38. The number of anilines is 5. The van der Waals surface area contributed by atoms with Crippen LogP contribution in [0.25, 0.3) is 5.57 Å². The predicted molar refractivity (Wildman–Crippen MR) is 227 cm³/mol. The van der Waals surface area contributed by atoms with Crippen LogP contribution in [0.15, 0.2) is 133 Å². The monoisotopic (exact) mass is 686 g/mol. The number of aryl methyl sites for hydroxylation is 3.